The summed E-state index contributed by atoms with van der Waals surface area (Å²) in [6, 6.07) is 0. The predicted octanol–water partition coefficient (Wildman–Crippen LogP) is 0.897. The van der Waals surface area contributed by atoms with Crippen molar-refractivity contribution < 1.29 is 14.7 Å². The largest absolute Gasteiger partial charge is 0.481 e. The van der Waals surface area contributed by atoms with Gasteiger partial charge >= 0.3 is 5.97 Å². The SMILES string of the molecule is CCC(C(=O)O)C(=O)N(C)CC1CCCN(C)C1. The lowest BCUT2D eigenvalue weighted by Crippen LogP contribution is -2.43. The number of aliphatic carboxylic acids is 1. The maximum absolute atomic E-state index is 12.0. The minimum absolute atomic E-state index is 0.266. The zero-order valence-electron chi connectivity index (χ0n) is 11.6. The third-order valence-corrected chi connectivity index (χ3v) is 3.63. The maximum atomic E-state index is 12.0. The van der Waals surface area contributed by atoms with Crippen LogP contribution in [-0.2, 0) is 9.59 Å². The van der Waals surface area contributed by atoms with Gasteiger partial charge in [-0.25, -0.2) is 0 Å². The summed E-state index contributed by atoms with van der Waals surface area (Å²) in [5.41, 5.74) is 0. The molecular weight excluding hydrogens is 232 g/mol. The van der Waals surface area contributed by atoms with Gasteiger partial charge in [0.2, 0.25) is 5.91 Å². The quantitative estimate of drug-likeness (QED) is 0.742. The Kier molecular flexibility index (Phi) is 5.59. The molecule has 2 unspecified atom stereocenters. The molecular formula is C13H24N2O3. The van der Waals surface area contributed by atoms with Crippen LogP contribution in [0.1, 0.15) is 26.2 Å². The number of carbonyl (C=O) groups excluding carboxylic acids is 1. The van der Waals surface area contributed by atoms with Crippen molar-refractivity contribution in [3.8, 4) is 0 Å². The molecule has 0 aromatic carbocycles. The van der Waals surface area contributed by atoms with E-state index in [9.17, 15) is 9.59 Å². The van der Waals surface area contributed by atoms with E-state index in [2.05, 4.69) is 11.9 Å². The van der Waals surface area contributed by atoms with E-state index in [1.165, 1.54) is 0 Å². The van der Waals surface area contributed by atoms with Crippen molar-refractivity contribution in [1.82, 2.24) is 9.80 Å². The summed E-state index contributed by atoms with van der Waals surface area (Å²) in [6.45, 7) is 4.49. The molecule has 0 spiro atoms. The first-order valence-corrected chi connectivity index (χ1v) is 6.62. The van der Waals surface area contributed by atoms with Crippen LogP contribution in [0.2, 0.25) is 0 Å². The average Bonchev–Trinajstić information content (AvgIpc) is 2.29. The lowest BCUT2D eigenvalue weighted by atomic mass is 9.97. The Bertz CT molecular complexity index is 307. The van der Waals surface area contributed by atoms with E-state index in [4.69, 9.17) is 5.11 Å². The van der Waals surface area contributed by atoms with E-state index in [-0.39, 0.29) is 5.91 Å². The second-order valence-electron chi connectivity index (χ2n) is 5.29. The molecule has 5 nitrogen and oxygen atoms in total. The number of amides is 1. The number of rotatable bonds is 5. The molecule has 1 saturated heterocycles. The van der Waals surface area contributed by atoms with Crippen LogP contribution in [0.5, 0.6) is 0 Å². The Balaban J connectivity index is 2.50. The Morgan fingerprint density at radius 3 is 2.67 bits per heavy atom. The van der Waals surface area contributed by atoms with Crippen molar-refractivity contribution in [1.29, 1.82) is 0 Å². The van der Waals surface area contributed by atoms with Gasteiger partial charge in [0.1, 0.15) is 5.92 Å². The number of hydrogen-bond donors (Lipinski definition) is 1. The first-order chi connectivity index (χ1) is 8.45. The van der Waals surface area contributed by atoms with Crippen LogP contribution >= 0.6 is 0 Å². The fourth-order valence-corrected chi connectivity index (χ4v) is 2.62. The lowest BCUT2D eigenvalue weighted by molar-refractivity contribution is -0.151. The fourth-order valence-electron chi connectivity index (χ4n) is 2.62. The molecule has 2 atom stereocenters. The first-order valence-electron chi connectivity index (χ1n) is 6.62. The zero-order chi connectivity index (χ0) is 13.7. The molecule has 1 heterocycles. The zero-order valence-corrected chi connectivity index (χ0v) is 11.6. The second-order valence-corrected chi connectivity index (χ2v) is 5.29. The van der Waals surface area contributed by atoms with Crippen LogP contribution in [-0.4, -0.2) is 60.5 Å². The molecule has 5 heteroatoms. The van der Waals surface area contributed by atoms with Gasteiger partial charge < -0.3 is 14.9 Å². The van der Waals surface area contributed by atoms with Crippen molar-refractivity contribution in [3.05, 3.63) is 0 Å². The summed E-state index contributed by atoms with van der Waals surface area (Å²) < 4.78 is 0. The van der Waals surface area contributed by atoms with Crippen LogP contribution in [0.25, 0.3) is 0 Å². The van der Waals surface area contributed by atoms with E-state index < -0.39 is 11.9 Å². The van der Waals surface area contributed by atoms with E-state index in [1.54, 1.807) is 18.9 Å². The Labute approximate surface area is 109 Å². The summed E-state index contributed by atoms with van der Waals surface area (Å²) in [4.78, 5) is 26.8. The highest BCUT2D eigenvalue weighted by Crippen LogP contribution is 2.17. The topological polar surface area (TPSA) is 60.9 Å². The summed E-state index contributed by atoms with van der Waals surface area (Å²) in [5, 5.41) is 8.98. The van der Waals surface area contributed by atoms with Crippen molar-refractivity contribution in [2.45, 2.75) is 26.2 Å². The molecule has 1 N–H and O–H groups in total. The number of nitrogens with zero attached hydrogens (tertiary/aromatic N) is 2. The third kappa shape index (κ3) is 3.98. The fraction of sp³-hybridized carbons (Fsp3) is 0.846. The van der Waals surface area contributed by atoms with Crippen molar-refractivity contribution in [2.75, 3.05) is 33.7 Å². The van der Waals surface area contributed by atoms with Crippen LogP contribution in [0, 0.1) is 11.8 Å². The minimum Gasteiger partial charge on any atom is -0.481 e. The Hall–Kier alpha value is -1.10. The molecule has 1 amide bonds. The molecule has 1 aliphatic rings. The van der Waals surface area contributed by atoms with Crippen molar-refractivity contribution >= 4 is 11.9 Å². The maximum Gasteiger partial charge on any atom is 0.316 e. The monoisotopic (exact) mass is 256 g/mol. The molecule has 0 aromatic rings. The lowest BCUT2D eigenvalue weighted by Gasteiger charge is -2.33. The van der Waals surface area contributed by atoms with E-state index in [0.717, 1.165) is 25.9 Å². The highest BCUT2D eigenvalue weighted by Gasteiger charge is 2.29. The molecule has 18 heavy (non-hydrogen) atoms. The average molecular weight is 256 g/mol. The predicted molar refractivity (Wildman–Crippen MR) is 69.3 cm³/mol. The molecule has 1 aliphatic heterocycles. The number of likely N-dealkylation sites (tertiary alicyclic amines) is 1. The van der Waals surface area contributed by atoms with Gasteiger partial charge in [0.05, 0.1) is 0 Å². The molecule has 0 aliphatic carbocycles. The highest BCUT2D eigenvalue weighted by molar-refractivity contribution is 5.96. The van der Waals surface area contributed by atoms with Crippen LogP contribution in [0.4, 0.5) is 0 Å². The molecule has 0 saturated carbocycles. The Morgan fingerprint density at radius 1 is 1.50 bits per heavy atom. The van der Waals surface area contributed by atoms with E-state index in [0.29, 0.717) is 18.9 Å². The van der Waals surface area contributed by atoms with Gasteiger partial charge in [-0.1, -0.05) is 6.92 Å². The van der Waals surface area contributed by atoms with Gasteiger partial charge in [-0.15, -0.1) is 0 Å². The van der Waals surface area contributed by atoms with Crippen LogP contribution in [0.15, 0.2) is 0 Å². The number of carboxylic acid groups (broad SMARTS) is 1. The van der Waals surface area contributed by atoms with Crippen molar-refractivity contribution in [3.63, 3.8) is 0 Å². The number of hydrogen-bond acceptors (Lipinski definition) is 3. The van der Waals surface area contributed by atoms with Gasteiger partial charge in [-0.3, -0.25) is 9.59 Å². The second kappa shape index (κ2) is 6.73. The molecule has 0 bridgehead atoms. The third-order valence-electron chi connectivity index (χ3n) is 3.63. The molecule has 1 rings (SSSR count). The van der Waals surface area contributed by atoms with Crippen molar-refractivity contribution in [2.24, 2.45) is 11.8 Å². The molecule has 0 aromatic heterocycles. The minimum atomic E-state index is -1.02. The van der Waals surface area contributed by atoms with Gasteiger partial charge in [-0.2, -0.15) is 0 Å². The summed E-state index contributed by atoms with van der Waals surface area (Å²) in [5.74, 6) is -1.71. The summed E-state index contributed by atoms with van der Waals surface area (Å²) >= 11 is 0. The number of carbonyl (C=O) groups is 2. The van der Waals surface area contributed by atoms with E-state index in [1.807, 2.05) is 0 Å². The first kappa shape index (κ1) is 15.0. The summed E-state index contributed by atoms with van der Waals surface area (Å²) in [7, 11) is 3.79. The molecule has 104 valence electrons. The molecule has 0 radical (unpaired) electrons. The standard InChI is InChI=1S/C13H24N2O3/c1-4-11(13(17)18)12(16)15(3)9-10-6-5-7-14(2)8-10/h10-11H,4-9H2,1-3H3,(H,17,18). The summed E-state index contributed by atoms with van der Waals surface area (Å²) in [6.07, 6.45) is 2.62. The normalized spacial score (nSPS) is 22.5. The van der Waals surface area contributed by atoms with Crippen LogP contribution < -0.4 is 0 Å². The van der Waals surface area contributed by atoms with E-state index >= 15 is 0 Å². The van der Waals surface area contributed by atoms with Gasteiger partial charge in [0.25, 0.3) is 0 Å². The smallest absolute Gasteiger partial charge is 0.316 e. The van der Waals surface area contributed by atoms with Crippen LogP contribution in [0.3, 0.4) is 0 Å². The molecule has 1 fully saturated rings. The van der Waals surface area contributed by atoms with Gasteiger partial charge in [0, 0.05) is 20.1 Å². The number of carboxylic acids is 1. The number of piperidine rings is 1. The van der Waals surface area contributed by atoms with Gasteiger partial charge in [0.15, 0.2) is 0 Å². The highest BCUT2D eigenvalue weighted by atomic mass is 16.4. The Morgan fingerprint density at radius 2 is 2.17 bits per heavy atom. The van der Waals surface area contributed by atoms with Gasteiger partial charge in [-0.05, 0) is 38.8 Å².